The predicted octanol–water partition coefficient (Wildman–Crippen LogP) is 0.863. The van der Waals surface area contributed by atoms with Gasteiger partial charge in [0, 0.05) is 0 Å². The van der Waals surface area contributed by atoms with Gasteiger partial charge in [-0.2, -0.15) is 0 Å². The van der Waals surface area contributed by atoms with Gasteiger partial charge in [-0.3, -0.25) is 5.43 Å². The van der Waals surface area contributed by atoms with Crippen LogP contribution in [-0.4, -0.2) is 12.6 Å². The zero-order valence-corrected chi connectivity index (χ0v) is 10.7. The summed E-state index contributed by atoms with van der Waals surface area (Å²) in [6.07, 6.45) is 1.67. The Kier molecular flexibility index (Phi) is 5.43. The average molecular weight is 263 g/mol. The number of esters is 1. The van der Waals surface area contributed by atoms with Gasteiger partial charge in [-0.25, -0.2) is 10.6 Å². The first kappa shape index (κ1) is 14.6. The molecule has 0 spiro atoms. The molecule has 0 unspecified atom stereocenters. The molecule has 1 rings (SSSR count). The molecule has 102 valence electrons. The second-order valence-electron chi connectivity index (χ2n) is 3.49. The monoisotopic (exact) mass is 263 g/mol. The second-order valence-corrected chi connectivity index (χ2v) is 3.49. The number of carbonyl (C=O) groups is 1. The van der Waals surface area contributed by atoms with E-state index in [9.17, 15) is 4.79 Å². The van der Waals surface area contributed by atoms with Crippen LogP contribution in [0.25, 0.3) is 6.08 Å². The van der Waals surface area contributed by atoms with Gasteiger partial charge >= 0.3 is 5.97 Å². The Morgan fingerprint density at radius 2 is 2.26 bits per heavy atom. The van der Waals surface area contributed by atoms with E-state index >= 15 is 0 Å². The molecule has 0 bridgehead atoms. The Morgan fingerprint density at radius 1 is 1.53 bits per heavy atom. The summed E-state index contributed by atoms with van der Waals surface area (Å²) < 4.78 is 10.2. The lowest BCUT2D eigenvalue weighted by Gasteiger charge is -2.12. The van der Waals surface area contributed by atoms with E-state index in [1.165, 1.54) is 0 Å². The molecule has 0 aliphatic carbocycles. The van der Waals surface area contributed by atoms with Gasteiger partial charge in [0.2, 0.25) is 5.88 Å². The molecule has 0 amide bonds. The van der Waals surface area contributed by atoms with Crippen molar-refractivity contribution in [3.8, 4) is 5.75 Å². The van der Waals surface area contributed by atoms with Crippen LogP contribution < -0.4 is 21.7 Å². The lowest BCUT2D eigenvalue weighted by molar-refractivity contribution is -0.138. The van der Waals surface area contributed by atoms with Gasteiger partial charge in [-0.15, -0.1) is 0 Å². The first-order valence-corrected chi connectivity index (χ1v) is 5.66. The SMILES string of the molecule is C=Cc1cccc(O/C(NN)=C(/N)C(=O)OCC)c1. The summed E-state index contributed by atoms with van der Waals surface area (Å²) in [5.74, 6) is 4.99. The van der Waals surface area contributed by atoms with Gasteiger partial charge in [0.25, 0.3) is 0 Å². The van der Waals surface area contributed by atoms with Crippen molar-refractivity contribution in [3.63, 3.8) is 0 Å². The van der Waals surface area contributed by atoms with Crippen LogP contribution in [0.1, 0.15) is 12.5 Å². The van der Waals surface area contributed by atoms with E-state index in [2.05, 4.69) is 12.0 Å². The molecule has 0 saturated carbocycles. The number of benzene rings is 1. The summed E-state index contributed by atoms with van der Waals surface area (Å²) in [6, 6.07) is 7.06. The van der Waals surface area contributed by atoms with Crippen molar-refractivity contribution >= 4 is 12.0 Å². The number of rotatable bonds is 6. The molecule has 0 aliphatic rings. The fourth-order valence-electron chi connectivity index (χ4n) is 1.29. The second kappa shape index (κ2) is 7.07. The highest BCUT2D eigenvalue weighted by atomic mass is 16.5. The van der Waals surface area contributed by atoms with Gasteiger partial charge in [0.1, 0.15) is 5.75 Å². The summed E-state index contributed by atoms with van der Waals surface area (Å²) in [5.41, 5.74) is 8.46. The highest BCUT2D eigenvalue weighted by Crippen LogP contribution is 2.16. The first-order valence-electron chi connectivity index (χ1n) is 5.66. The summed E-state index contributed by atoms with van der Waals surface area (Å²) in [6.45, 7) is 5.54. The highest BCUT2D eigenvalue weighted by molar-refractivity contribution is 5.87. The summed E-state index contributed by atoms with van der Waals surface area (Å²) in [5, 5.41) is 0. The fraction of sp³-hybridized carbons (Fsp3) is 0.154. The highest BCUT2D eigenvalue weighted by Gasteiger charge is 2.14. The number of hydrogen-bond acceptors (Lipinski definition) is 6. The van der Waals surface area contributed by atoms with E-state index in [4.69, 9.17) is 21.1 Å². The number of hydrogen-bond donors (Lipinski definition) is 3. The lowest BCUT2D eigenvalue weighted by Crippen LogP contribution is -2.31. The quantitative estimate of drug-likeness (QED) is 0.231. The smallest absolute Gasteiger partial charge is 0.359 e. The molecule has 6 heteroatoms. The standard InChI is InChI=1S/C13H17N3O3/c1-3-9-6-5-7-10(8-9)19-12(16-15)11(14)13(17)18-4-2/h3,5-8,16H,1,4,14-15H2,2H3/b12-11+. The van der Waals surface area contributed by atoms with Crippen molar-refractivity contribution in [2.75, 3.05) is 6.61 Å². The molecule has 19 heavy (non-hydrogen) atoms. The van der Waals surface area contributed by atoms with E-state index in [0.29, 0.717) is 5.75 Å². The van der Waals surface area contributed by atoms with Crippen LogP contribution in [0.15, 0.2) is 42.4 Å². The Labute approximate surface area is 111 Å². The fourth-order valence-corrected chi connectivity index (χ4v) is 1.29. The zero-order chi connectivity index (χ0) is 14.3. The normalized spacial score (nSPS) is 11.3. The summed E-state index contributed by atoms with van der Waals surface area (Å²) >= 11 is 0. The molecule has 1 aromatic rings. The van der Waals surface area contributed by atoms with Crippen molar-refractivity contribution in [1.82, 2.24) is 5.43 Å². The van der Waals surface area contributed by atoms with E-state index < -0.39 is 5.97 Å². The lowest BCUT2D eigenvalue weighted by atomic mass is 10.2. The molecule has 0 saturated heterocycles. The minimum atomic E-state index is -0.699. The molecule has 0 atom stereocenters. The van der Waals surface area contributed by atoms with Crippen molar-refractivity contribution in [2.45, 2.75) is 6.92 Å². The number of ether oxygens (including phenoxy) is 2. The Morgan fingerprint density at radius 3 is 2.84 bits per heavy atom. The molecule has 1 aromatic carbocycles. The number of carbonyl (C=O) groups excluding carboxylic acids is 1. The van der Waals surface area contributed by atoms with E-state index in [1.54, 1.807) is 31.2 Å². The summed E-state index contributed by atoms with van der Waals surface area (Å²) in [4.78, 5) is 11.5. The zero-order valence-electron chi connectivity index (χ0n) is 10.7. The maximum Gasteiger partial charge on any atom is 0.359 e. The van der Waals surface area contributed by atoms with Crippen LogP contribution >= 0.6 is 0 Å². The van der Waals surface area contributed by atoms with E-state index in [0.717, 1.165) is 5.56 Å². The molecule has 0 radical (unpaired) electrons. The van der Waals surface area contributed by atoms with Crippen molar-refractivity contribution in [2.24, 2.45) is 11.6 Å². The molecule has 5 N–H and O–H groups in total. The maximum atomic E-state index is 11.5. The molecular formula is C13H17N3O3. The molecule has 0 heterocycles. The van der Waals surface area contributed by atoms with E-state index in [-0.39, 0.29) is 18.2 Å². The van der Waals surface area contributed by atoms with Crippen LogP contribution in [0.2, 0.25) is 0 Å². The van der Waals surface area contributed by atoms with Crippen LogP contribution in [0.3, 0.4) is 0 Å². The van der Waals surface area contributed by atoms with Gasteiger partial charge in [-0.05, 0) is 24.6 Å². The Balaban J connectivity index is 2.94. The topological polar surface area (TPSA) is 99.6 Å². The first-order chi connectivity index (χ1) is 9.12. The van der Waals surface area contributed by atoms with Crippen molar-refractivity contribution in [1.29, 1.82) is 0 Å². The van der Waals surface area contributed by atoms with Crippen LogP contribution in [0.4, 0.5) is 0 Å². The minimum absolute atomic E-state index is 0.0698. The molecule has 0 aliphatic heterocycles. The average Bonchev–Trinajstić information content (AvgIpc) is 2.44. The van der Waals surface area contributed by atoms with Gasteiger partial charge in [-0.1, -0.05) is 24.8 Å². The third-order valence-electron chi connectivity index (χ3n) is 2.18. The number of hydrazine groups is 1. The van der Waals surface area contributed by atoms with Crippen molar-refractivity contribution < 1.29 is 14.3 Å². The van der Waals surface area contributed by atoms with Crippen LogP contribution in [0, 0.1) is 0 Å². The minimum Gasteiger partial charge on any atom is -0.461 e. The Bertz CT molecular complexity index is 498. The van der Waals surface area contributed by atoms with Gasteiger partial charge in [0.15, 0.2) is 5.70 Å². The van der Waals surface area contributed by atoms with Gasteiger partial charge in [0.05, 0.1) is 6.61 Å². The van der Waals surface area contributed by atoms with E-state index in [1.807, 2.05) is 6.07 Å². The third kappa shape index (κ3) is 4.04. The molecular weight excluding hydrogens is 246 g/mol. The number of nitrogens with one attached hydrogen (secondary N) is 1. The Hall–Kier alpha value is -2.47. The van der Waals surface area contributed by atoms with Crippen molar-refractivity contribution in [3.05, 3.63) is 48.0 Å². The maximum absolute atomic E-state index is 11.5. The van der Waals surface area contributed by atoms with Crippen LogP contribution in [-0.2, 0) is 9.53 Å². The van der Waals surface area contributed by atoms with Gasteiger partial charge < -0.3 is 15.2 Å². The molecule has 6 nitrogen and oxygen atoms in total. The largest absolute Gasteiger partial charge is 0.461 e. The third-order valence-corrected chi connectivity index (χ3v) is 2.18. The molecule has 0 aromatic heterocycles. The van der Waals surface area contributed by atoms with Crippen LogP contribution in [0.5, 0.6) is 5.75 Å². The molecule has 0 fully saturated rings. The summed E-state index contributed by atoms with van der Waals surface area (Å²) in [7, 11) is 0. The number of nitrogens with two attached hydrogens (primary N) is 2. The predicted molar refractivity (Wildman–Crippen MR) is 72.3 cm³/mol.